The van der Waals surface area contributed by atoms with Gasteiger partial charge in [-0.3, -0.25) is 4.79 Å². The molecular weight excluding hydrogens is 320 g/mol. The molecule has 1 spiro atoms. The quantitative estimate of drug-likeness (QED) is 0.764. The molecule has 140 valence electrons. The third kappa shape index (κ3) is 2.70. The molecule has 3 heteroatoms. The van der Waals surface area contributed by atoms with Crippen molar-refractivity contribution in [3.05, 3.63) is 35.4 Å². The third-order valence-corrected chi connectivity index (χ3v) is 8.11. The number of piperidine rings is 1. The fraction of sp³-hybridized carbons (Fsp3) is 0.696. The molecule has 3 fully saturated rings. The summed E-state index contributed by atoms with van der Waals surface area (Å²) < 4.78 is 0. The lowest BCUT2D eigenvalue weighted by Crippen LogP contribution is -2.55. The van der Waals surface area contributed by atoms with E-state index in [1.54, 1.807) is 6.92 Å². The molecule has 0 unspecified atom stereocenters. The first-order valence-electron chi connectivity index (χ1n) is 10.7. The first kappa shape index (κ1) is 16.8. The van der Waals surface area contributed by atoms with Gasteiger partial charge in [-0.2, -0.15) is 0 Å². The van der Waals surface area contributed by atoms with E-state index in [9.17, 15) is 4.79 Å². The Morgan fingerprint density at radius 3 is 2.65 bits per heavy atom. The van der Waals surface area contributed by atoms with Gasteiger partial charge in [0.15, 0.2) is 0 Å². The Hall–Kier alpha value is -1.35. The molecule has 2 bridgehead atoms. The Balaban J connectivity index is 1.36. The van der Waals surface area contributed by atoms with Crippen LogP contribution in [-0.4, -0.2) is 41.4 Å². The van der Waals surface area contributed by atoms with E-state index in [0.717, 1.165) is 31.0 Å². The molecule has 3 nitrogen and oxygen atoms in total. The summed E-state index contributed by atoms with van der Waals surface area (Å²) in [6.45, 7) is 5.87. The van der Waals surface area contributed by atoms with Crippen LogP contribution < -0.4 is 0 Å². The maximum Gasteiger partial charge on any atom is 0.219 e. The number of likely N-dealkylation sites (tertiary alicyclic amines) is 1. The molecule has 2 saturated carbocycles. The maximum atomic E-state index is 12.1. The molecule has 1 saturated heterocycles. The molecule has 0 N–H and O–H groups in total. The van der Waals surface area contributed by atoms with Crippen molar-refractivity contribution in [3.63, 3.8) is 0 Å². The standard InChI is InChI=1S/C23H32N2O/c1-17(26)25-15-20-4-2-3-5-21(20)23(16-25)10-12-24(13-11-23)22-9-7-18-6-8-19(22)14-18/h2-5,18-19,22H,6-16H2,1H3/t18-,19-,22+/m0/s1. The van der Waals surface area contributed by atoms with Crippen molar-refractivity contribution >= 4 is 5.91 Å². The Morgan fingerprint density at radius 1 is 1.08 bits per heavy atom. The number of fused-ring (bicyclic) bond motifs is 4. The predicted octanol–water partition coefficient (Wildman–Crippen LogP) is 3.96. The van der Waals surface area contributed by atoms with Gasteiger partial charge in [0.2, 0.25) is 5.91 Å². The van der Waals surface area contributed by atoms with Gasteiger partial charge in [-0.05, 0) is 74.6 Å². The topological polar surface area (TPSA) is 23.6 Å². The maximum absolute atomic E-state index is 12.1. The van der Waals surface area contributed by atoms with E-state index in [4.69, 9.17) is 0 Å². The second-order valence-electron chi connectivity index (χ2n) is 9.43. The Labute approximate surface area is 157 Å². The molecule has 0 aromatic heterocycles. The normalized spacial score (nSPS) is 33.3. The molecule has 26 heavy (non-hydrogen) atoms. The summed E-state index contributed by atoms with van der Waals surface area (Å²) in [7, 11) is 0. The van der Waals surface area contributed by atoms with Crippen molar-refractivity contribution in [1.82, 2.24) is 9.80 Å². The van der Waals surface area contributed by atoms with E-state index < -0.39 is 0 Å². The monoisotopic (exact) mass is 352 g/mol. The lowest BCUT2D eigenvalue weighted by atomic mass is 9.68. The first-order chi connectivity index (χ1) is 12.6. The number of benzene rings is 1. The molecule has 0 radical (unpaired) electrons. The highest BCUT2D eigenvalue weighted by Gasteiger charge is 2.45. The molecular formula is C23H32N2O. The van der Waals surface area contributed by atoms with Crippen molar-refractivity contribution < 1.29 is 4.79 Å². The zero-order valence-electron chi connectivity index (χ0n) is 16.1. The molecule has 1 aromatic carbocycles. The smallest absolute Gasteiger partial charge is 0.219 e. The van der Waals surface area contributed by atoms with Crippen LogP contribution in [0.2, 0.25) is 0 Å². The van der Waals surface area contributed by atoms with E-state index >= 15 is 0 Å². The zero-order chi connectivity index (χ0) is 17.7. The Bertz CT molecular complexity index is 691. The molecule has 1 aromatic rings. The van der Waals surface area contributed by atoms with Crippen LogP contribution in [0.4, 0.5) is 0 Å². The van der Waals surface area contributed by atoms with Crippen LogP contribution >= 0.6 is 0 Å². The number of carbonyl (C=O) groups is 1. The minimum Gasteiger partial charge on any atom is -0.338 e. The van der Waals surface area contributed by atoms with Crippen molar-refractivity contribution in [2.45, 2.75) is 69.9 Å². The van der Waals surface area contributed by atoms with Crippen LogP contribution in [0.5, 0.6) is 0 Å². The van der Waals surface area contributed by atoms with E-state index in [-0.39, 0.29) is 11.3 Å². The van der Waals surface area contributed by atoms with Gasteiger partial charge in [0.25, 0.3) is 0 Å². The van der Waals surface area contributed by atoms with Crippen molar-refractivity contribution in [2.24, 2.45) is 11.8 Å². The van der Waals surface area contributed by atoms with Crippen LogP contribution in [0.15, 0.2) is 24.3 Å². The number of nitrogens with zero attached hydrogens (tertiary/aromatic N) is 2. The number of amides is 1. The van der Waals surface area contributed by atoms with Crippen LogP contribution in [0, 0.1) is 11.8 Å². The van der Waals surface area contributed by atoms with Crippen molar-refractivity contribution in [1.29, 1.82) is 0 Å². The Morgan fingerprint density at radius 2 is 1.85 bits per heavy atom. The van der Waals surface area contributed by atoms with Crippen LogP contribution in [0.1, 0.15) is 63.0 Å². The lowest BCUT2D eigenvalue weighted by molar-refractivity contribution is -0.131. The highest BCUT2D eigenvalue weighted by atomic mass is 16.2. The van der Waals surface area contributed by atoms with Gasteiger partial charge in [-0.15, -0.1) is 0 Å². The minimum absolute atomic E-state index is 0.184. The average Bonchev–Trinajstić information content (AvgIpc) is 3.04. The molecule has 2 aliphatic heterocycles. The van der Waals surface area contributed by atoms with Crippen molar-refractivity contribution in [3.8, 4) is 0 Å². The van der Waals surface area contributed by atoms with E-state index in [2.05, 4.69) is 34.1 Å². The summed E-state index contributed by atoms with van der Waals surface area (Å²) in [4.78, 5) is 17.1. The Kier molecular flexibility index (Phi) is 4.11. The SMILES string of the molecule is CC(=O)N1Cc2ccccc2C2(CCN([C@@H]3CC[C@@H]4CC[C@H]3C4)CC2)C1. The predicted molar refractivity (Wildman–Crippen MR) is 104 cm³/mol. The molecule has 2 heterocycles. The fourth-order valence-corrected chi connectivity index (χ4v) is 6.67. The first-order valence-corrected chi connectivity index (χ1v) is 10.7. The molecule has 1 amide bonds. The van der Waals surface area contributed by atoms with Gasteiger partial charge >= 0.3 is 0 Å². The molecule has 4 aliphatic rings. The molecule has 5 rings (SSSR count). The van der Waals surface area contributed by atoms with Gasteiger partial charge < -0.3 is 9.80 Å². The number of hydrogen-bond donors (Lipinski definition) is 0. The fourth-order valence-electron chi connectivity index (χ4n) is 6.67. The van der Waals surface area contributed by atoms with Crippen LogP contribution in [0.25, 0.3) is 0 Å². The summed E-state index contributed by atoms with van der Waals surface area (Å²) in [5.41, 5.74) is 3.09. The van der Waals surface area contributed by atoms with Gasteiger partial charge in [0, 0.05) is 31.5 Å². The average molecular weight is 353 g/mol. The third-order valence-electron chi connectivity index (χ3n) is 8.11. The van der Waals surface area contributed by atoms with E-state index in [1.165, 1.54) is 69.2 Å². The largest absolute Gasteiger partial charge is 0.338 e. The zero-order valence-corrected chi connectivity index (χ0v) is 16.1. The van der Waals surface area contributed by atoms with Crippen molar-refractivity contribution in [2.75, 3.05) is 19.6 Å². The summed E-state index contributed by atoms with van der Waals surface area (Å²) in [5.74, 6) is 2.24. The highest BCUT2D eigenvalue weighted by Crippen LogP contribution is 2.47. The van der Waals surface area contributed by atoms with Gasteiger partial charge in [0.05, 0.1) is 0 Å². The number of carbonyl (C=O) groups excluding carboxylic acids is 1. The summed E-state index contributed by atoms with van der Waals surface area (Å²) >= 11 is 0. The highest BCUT2D eigenvalue weighted by molar-refractivity contribution is 5.74. The summed E-state index contributed by atoms with van der Waals surface area (Å²) in [6, 6.07) is 9.73. The van der Waals surface area contributed by atoms with E-state index in [1.807, 2.05) is 0 Å². The number of hydrogen-bond acceptors (Lipinski definition) is 2. The lowest BCUT2D eigenvalue weighted by Gasteiger charge is -2.51. The van der Waals surface area contributed by atoms with Crippen LogP contribution in [0.3, 0.4) is 0 Å². The summed E-state index contributed by atoms with van der Waals surface area (Å²) in [5, 5.41) is 0. The summed E-state index contributed by atoms with van der Waals surface area (Å²) in [6.07, 6.45) is 9.76. The second-order valence-corrected chi connectivity index (χ2v) is 9.43. The minimum atomic E-state index is 0.184. The number of rotatable bonds is 1. The van der Waals surface area contributed by atoms with E-state index in [0.29, 0.717) is 0 Å². The van der Waals surface area contributed by atoms with Gasteiger partial charge in [-0.25, -0.2) is 0 Å². The molecule has 3 atom stereocenters. The van der Waals surface area contributed by atoms with Gasteiger partial charge in [0.1, 0.15) is 0 Å². The van der Waals surface area contributed by atoms with Gasteiger partial charge in [-0.1, -0.05) is 30.7 Å². The second kappa shape index (κ2) is 6.37. The molecule has 2 aliphatic carbocycles. The van der Waals surface area contributed by atoms with Crippen LogP contribution in [-0.2, 0) is 16.8 Å².